The van der Waals surface area contributed by atoms with E-state index in [1.165, 1.54) is 6.07 Å². The molecule has 0 aromatic heterocycles. The predicted molar refractivity (Wildman–Crippen MR) is 54.8 cm³/mol. The second kappa shape index (κ2) is 5.29. The van der Waals surface area contributed by atoms with Gasteiger partial charge in [-0.1, -0.05) is 23.7 Å². The summed E-state index contributed by atoms with van der Waals surface area (Å²) in [6.07, 6.45) is 0. The molecule has 0 aliphatic rings. The molecule has 2 nitrogen and oxygen atoms in total. The Balaban J connectivity index is 2.63. The van der Waals surface area contributed by atoms with E-state index in [9.17, 15) is 4.39 Å². The summed E-state index contributed by atoms with van der Waals surface area (Å²) in [5.74, 6) is -0.414. The maximum absolute atomic E-state index is 13.0. The molecule has 0 saturated heterocycles. The summed E-state index contributed by atoms with van der Waals surface area (Å²) >= 11 is 5.74. The van der Waals surface area contributed by atoms with Gasteiger partial charge in [0.1, 0.15) is 5.82 Å². The van der Waals surface area contributed by atoms with Crippen LogP contribution in [0.1, 0.15) is 12.5 Å². The van der Waals surface area contributed by atoms with Gasteiger partial charge in [-0.15, -0.1) is 0 Å². The van der Waals surface area contributed by atoms with Crippen LogP contribution in [0.3, 0.4) is 0 Å². The van der Waals surface area contributed by atoms with Crippen molar-refractivity contribution < 1.29 is 9.50 Å². The van der Waals surface area contributed by atoms with Crippen molar-refractivity contribution >= 4 is 11.6 Å². The van der Waals surface area contributed by atoms with Crippen LogP contribution in [0, 0.1) is 5.82 Å². The van der Waals surface area contributed by atoms with Crippen LogP contribution in [0.25, 0.3) is 0 Å². The minimum Gasteiger partial charge on any atom is -0.395 e. The lowest BCUT2D eigenvalue weighted by Crippen LogP contribution is -2.28. The fourth-order valence-electron chi connectivity index (χ4n) is 1.03. The highest BCUT2D eigenvalue weighted by atomic mass is 35.5. The molecule has 1 aromatic carbocycles. The summed E-state index contributed by atoms with van der Waals surface area (Å²) in [5, 5.41) is 11.9. The van der Waals surface area contributed by atoms with Crippen LogP contribution in [-0.2, 0) is 6.54 Å². The van der Waals surface area contributed by atoms with E-state index < -0.39 is 5.82 Å². The lowest BCUT2D eigenvalue weighted by molar-refractivity contribution is 0.251. The van der Waals surface area contributed by atoms with Gasteiger partial charge in [0.05, 0.1) is 11.6 Å². The van der Waals surface area contributed by atoms with E-state index in [1.807, 2.05) is 6.92 Å². The molecule has 14 heavy (non-hydrogen) atoms. The molecular formula is C10H13ClFNO. The van der Waals surface area contributed by atoms with Crippen LogP contribution in [-0.4, -0.2) is 17.8 Å². The maximum Gasteiger partial charge on any atom is 0.142 e. The highest BCUT2D eigenvalue weighted by Crippen LogP contribution is 2.19. The van der Waals surface area contributed by atoms with Gasteiger partial charge in [-0.05, 0) is 18.6 Å². The topological polar surface area (TPSA) is 32.3 Å². The number of halogens is 2. The molecule has 0 amide bonds. The Morgan fingerprint density at radius 1 is 1.57 bits per heavy atom. The number of hydrogen-bond donors (Lipinski definition) is 2. The second-order valence-corrected chi connectivity index (χ2v) is 3.56. The van der Waals surface area contributed by atoms with Crippen molar-refractivity contribution in [3.63, 3.8) is 0 Å². The zero-order valence-electron chi connectivity index (χ0n) is 7.93. The third-order valence-electron chi connectivity index (χ3n) is 1.95. The van der Waals surface area contributed by atoms with Gasteiger partial charge in [0.2, 0.25) is 0 Å². The predicted octanol–water partition coefficient (Wildman–Crippen LogP) is 1.95. The Bertz CT molecular complexity index is 306. The zero-order chi connectivity index (χ0) is 10.6. The van der Waals surface area contributed by atoms with Gasteiger partial charge in [-0.25, -0.2) is 4.39 Å². The molecule has 4 heteroatoms. The molecule has 1 aromatic rings. The Labute approximate surface area is 87.7 Å². The largest absolute Gasteiger partial charge is 0.395 e. The van der Waals surface area contributed by atoms with Crippen LogP contribution in [0.2, 0.25) is 5.02 Å². The fraction of sp³-hybridized carbons (Fsp3) is 0.400. The smallest absolute Gasteiger partial charge is 0.142 e. The summed E-state index contributed by atoms with van der Waals surface area (Å²) in [4.78, 5) is 0. The fourth-order valence-corrected chi connectivity index (χ4v) is 1.23. The van der Waals surface area contributed by atoms with Crippen molar-refractivity contribution in [3.05, 3.63) is 34.6 Å². The minimum absolute atomic E-state index is 0.0191. The monoisotopic (exact) mass is 217 g/mol. The molecule has 1 rings (SSSR count). The standard InChI is InChI=1S/C10H13ClFNO/c1-7(6-14)13-5-8-3-2-4-9(12)10(8)11/h2-4,7,13-14H,5-6H2,1H3. The van der Waals surface area contributed by atoms with Gasteiger partial charge in [0.15, 0.2) is 0 Å². The Morgan fingerprint density at radius 2 is 2.29 bits per heavy atom. The van der Waals surface area contributed by atoms with Crippen molar-refractivity contribution in [1.29, 1.82) is 0 Å². The quantitative estimate of drug-likeness (QED) is 0.808. The summed E-state index contributed by atoms with van der Waals surface area (Å²) in [6.45, 7) is 2.35. The maximum atomic E-state index is 13.0. The molecule has 78 valence electrons. The highest BCUT2D eigenvalue weighted by molar-refractivity contribution is 6.31. The van der Waals surface area contributed by atoms with E-state index >= 15 is 0 Å². The third kappa shape index (κ3) is 2.94. The Morgan fingerprint density at radius 3 is 2.93 bits per heavy atom. The van der Waals surface area contributed by atoms with Gasteiger partial charge in [0, 0.05) is 12.6 Å². The number of hydrogen-bond acceptors (Lipinski definition) is 2. The lowest BCUT2D eigenvalue weighted by atomic mass is 10.2. The van der Waals surface area contributed by atoms with Crippen LogP contribution < -0.4 is 5.32 Å². The molecule has 0 spiro atoms. The molecule has 0 heterocycles. The molecule has 0 bridgehead atoms. The Hall–Kier alpha value is -0.640. The van der Waals surface area contributed by atoms with Gasteiger partial charge in [-0.3, -0.25) is 0 Å². The first-order chi connectivity index (χ1) is 6.65. The first kappa shape index (κ1) is 11.4. The number of nitrogens with one attached hydrogen (secondary N) is 1. The average Bonchev–Trinajstić information content (AvgIpc) is 2.20. The summed E-state index contributed by atoms with van der Waals surface area (Å²) < 4.78 is 13.0. The van der Waals surface area contributed by atoms with E-state index in [4.69, 9.17) is 16.7 Å². The molecular weight excluding hydrogens is 205 g/mol. The van der Waals surface area contributed by atoms with Crippen LogP contribution in [0.5, 0.6) is 0 Å². The van der Waals surface area contributed by atoms with Crippen molar-refractivity contribution in [3.8, 4) is 0 Å². The number of aliphatic hydroxyl groups excluding tert-OH is 1. The van der Waals surface area contributed by atoms with E-state index in [1.54, 1.807) is 12.1 Å². The van der Waals surface area contributed by atoms with Crippen LogP contribution in [0.15, 0.2) is 18.2 Å². The van der Waals surface area contributed by atoms with Gasteiger partial charge in [-0.2, -0.15) is 0 Å². The first-order valence-corrected chi connectivity index (χ1v) is 4.80. The third-order valence-corrected chi connectivity index (χ3v) is 2.37. The van der Waals surface area contributed by atoms with Gasteiger partial charge < -0.3 is 10.4 Å². The molecule has 2 N–H and O–H groups in total. The molecule has 0 saturated carbocycles. The van der Waals surface area contributed by atoms with E-state index in [2.05, 4.69) is 5.32 Å². The average molecular weight is 218 g/mol. The number of benzene rings is 1. The van der Waals surface area contributed by atoms with Gasteiger partial charge in [0.25, 0.3) is 0 Å². The van der Waals surface area contributed by atoms with E-state index in [-0.39, 0.29) is 17.7 Å². The summed E-state index contributed by atoms with van der Waals surface area (Å²) in [7, 11) is 0. The van der Waals surface area contributed by atoms with E-state index in [0.717, 1.165) is 0 Å². The second-order valence-electron chi connectivity index (χ2n) is 3.18. The van der Waals surface area contributed by atoms with Crippen molar-refractivity contribution in [1.82, 2.24) is 5.32 Å². The van der Waals surface area contributed by atoms with Crippen molar-refractivity contribution in [2.24, 2.45) is 0 Å². The van der Waals surface area contributed by atoms with Crippen LogP contribution in [0.4, 0.5) is 4.39 Å². The number of rotatable bonds is 4. The first-order valence-electron chi connectivity index (χ1n) is 4.42. The molecule has 1 unspecified atom stereocenters. The summed E-state index contributed by atoms with van der Waals surface area (Å²) in [6, 6.07) is 4.67. The SMILES string of the molecule is CC(CO)NCc1cccc(F)c1Cl. The molecule has 0 fully saturated rings. The summed E-state index contributed by atoms with van der Waals surface area (Å²) in [5.41, 5.74) is 0.701. The van der Waals surface area contributed by atoms with Gasteiger partial charge >= 0.3 is 0 Å². The lowest BCUT2D eigenvalue weighted by Gasteiger charge is -2.11. The van der Waals surface area contributed by atoms with Crippen molar-refractivity contribution in [2.45, 2.75) is 19.5 Å². The normalized spacial score (nSPS) is 12.9. The van der Waals surface area contributed by atoms with Crippen LogP contribution >= 0.6 is 11.6 Å². The molecule has 1 atom stereocenters. The zero-order valence-corrected chi connectivity index (χ0v) is 8.68. The van der Waals surface area contributed by atoms with Crippen molar-refractivity contribution in [2.75, 3.05) is 6.61 Å². The molecule has 0 aliphatic heterocycles. The number of aliphatic hydroxyl groups is 1. The Kier molecular flexibility index (Phi) is 4.32. The van der Waals surface area contributed by atoms with E-state index in [0.29, 0.717) is 12.1 Å². The molecule has 0 aliphatic carbocycles. The highest BCUT2D eigenvalue weighted by Gasteiger charge is 2.06. The molecule has 0 radical (unpaired) electrons. The minimum atomic E-state index is -0.414.